The summed E-state index contributed by atoms with van der Waals surface area (Å²) in [7, 11) is -4.17. The zero-order valence-corrected chi connectivity index (χ0v) is 13.5. The van der Waals surface area contributed by atoms with Crippen LogP contribution in [0.1, 0.15) is 34.6 Å². The fourth-order valence-electron chi connectivity index (χ4n) is 0.799. The van der Waals surface area contributed by atoms with E-state index in [0.717, 1.165) is 6.92 Å². The van der Waals surface area contributed by atoms with E-state index < -0.39 is 39.1 Å². The van der Waals surface area contributed by atoms with Crippen molar-refractivity contribution in [3.8, 4) is 0 Å². The summed E-state index contributed by atoms with van der Waals surface area (Å²) < 4.78 is 35.8. The standard InChI is InChI=1S/C11H21O9P/c1-8(2)11(4,5)20-21(15,18-6-16-9(3)12)19-7-17-10(13)14/h8H,6-7H2,1-5H3,(H,13,14). The number of carbonyl (C=O) groups is 2. The lowest BCUT2D eigenvalue weighted by atomic mass is 9.95. The molecule has 0 bridgehead atoms. The van der Waals surface area contributed by atoms with Crippen LogP contribution in [-0.2, 0) is 32.4 Å². The Hall–Kier alpha value is -1.15. The van der Waals surface area contributed by atoms with Crippen molar-refractivity contribution in [3.63, 3.8) is 0 Å². The van der Waals surface area contributed by atoms with Crippen LogP contribution in [0, 0.1) is 5.92 Å². The zero-order valence-electron chi connectivity index (χ0n) is 12.7. The smallest absolute Gasteiger partial charge is 0.450 e. The molecule has 0 aromatic rings. The van der Waals surface area contributed by atoms with Crippen LogP contribution < -0.4 is 0 Å². The molecule has 0 heterocycles. The first-order valence-electron chi connectivity index (χ1n) is 6.07. The fraction of sp³-hybridized carbons (Fsp3) is 0.818. The van der Waals surface area contributed by atoms with Gasteiger partial charge in [0.1, 0.15) is 0 Å². The summed E-state index contributed by atoms with van der Waals surface area (Å²) in [6, 6.07) is 0. The van der Waals surface area contributed by atoms with E-state index in [0.29, 0.717) is 0 Å². The second-order valence-corrected chi connectivity index (χ2v) is 6.43. The van der Waals surface area contributed by atoms with Crippen LogP contribution in [0.15, 0.2) is 0 Å². The van der Waals surface area contributed by atoms with Crippen LogP contribution in [0.25, 0.3) is 0 Å². The number of esters is 1. The minimum absolute atomic E-state index is 0.0489. The van der Waals surface area contributed by atoms with Gasteiger partial charge in [-0.3, -0.25) is 9.32 Å². The quantitative estimate of drug-likeness (QED) is 0.387. The van der Waals surface area contributed by atoms with Gasteiger partial charge in [-0.1, -0.05) is 13.8 Å². The first-order valence-corrected chi connectivity index (χ1v) is 7.53. The SMILES string of the molecule is CC(=O)OCOP(=O)(OCOC(=O)O)OC(C)(C)C(C)C. The van der Waals surface area contributed by atoms with Gasteiger partial charge in [0.05, 0.1) is 5.60 Å². The highest BCUT2D eigenvalue weighted by Gasteiger charge is 2.38. The molecule has 1 unspecified atom stereocenters. The molecule has 0 saturated carbocycles. The summed E-state index contributed by atoms with van der Waals surface area (Å²) in [6.07, 6.45) is -1.61. The molecule has 0 aliphatic carbocycles. The molecule has 0 aromatic heterocycles. The fourth-order valence-corrected chi connectivity index (χ4v) is 2.13. The van der Waals surface area contributed by atoms with Crippen molar-refractivity contribution >= 4 is 19.9 Å². The van der Waals surface area contributed by atoms with Gasteiger partial charge in [-0.05, 0) is 19.8 Å². The molecule has 1 N–H and O–H groups in total. The Morgan fingerprint density at radius 2 is 1.62 bits per heavy atom. The topological polar surface area (TPSA) is 118 Å². The molecule has 9 nitrogen and oxygen atoms in total. The van der Waals surface area contributed by atoms with Gasteiger partial charge in [-0.2, -0.15) is 0 Å². The Morgan fingerprint density at radius 3 is 2.00 bits per heavy atom. The number of phosphoric acid groups is 1. The molecular weight excluding hydrogens is 307 g/mol. The van der Waals surface area contributed by atoms with Crippen LogP contribution in [0.3, 0.4) is 0 Å². The van der Waals surface area contributed by atoms with Crippen molar-refractivity contribution in [2.75, 3.05) is 13.6 Å². The van der Waals surface area contributed by atoms with Crippen molar-refractivity contribution in [1.82, 2.24) is 0 Å². The highest BCUT2D eigenvalue weighted by Crippen LogP contribution is 2.53. The lowest BCUT2D eigenvalue weighted by molar-refractivity contribution is -0.149. The molecule has 21 heavy (non-hydrogen) atoms. The van der Waals surface area contributed by atoms with Crippen LogP contribution in [-0.4, -0.2) is 36.4 Å². The van der Waals surface area contributed by atoms with Gasteiger partial charge in [0, 0.05) is 6.92 Å². The third-order valence-electron chi connectivity index (χ3n) is 2.60. The number of hydrogen-bond acceptors (Lipinski definition) is 8. The van der Waals surface area contributed by atoms with Crippen LogP contribution in [0.5, 0.6) is 0 Å². The van der Waals surface area contributed by atoms with E-state index in [1.807, 2.05) is 13.8 Å². The summed E-state index contributed by atoms with van der Waals surface area (Å²) in [6.45, 7) is 6.59. The predicted octanol–water partition coefficient (Wildman–Crippen LogP) is 2.75. The third-order valence-corrected chi connectivity index (χ3v) is 4.14. The highest BCUT2D eigenvalue weighted by atomic mass is 31.2. The van der Waals surface area contributed by atoms with Crippen LogP contribution in [0.2, 0.25) is 0 Å². The van der Waals surface area contributed by atoms with E-state index in [1.165, 1.54) is 0 Å². The summed E-state index contributed by atoms with van der Waals surface area (Å²) in [4.78, 5) is 20.9. The molecule has 0 rings (SSSR count). The highest BCUT2D eigenvalue weighted by molar-refractivity contribution is 7.48. The summed E-state index contributed by atoms with van der Waals surface area (Å²) in [5.41, 5.74) is -0.894. The Morgan fingerprint density at radius 1 is 1.14 bits per heavy atom. The number of carbonyl (C=O) groups excluding carboxylic acids is 1. The van der Waals surface area contributed by atoms with Gasteiger partial charge in [0.2, 0.25) is 13.6 Å². The van der Waals surface area contributed by atoms with Gasteiger partial charge >= 0.3 is 19.9 Å². The molecule has 0 aromatic carbocycles. The number of carboxylic acid groups (broad SMARTS) is 1. The largest absolute Gasteiger partial charge is 0.507 e. The van der Waals surface area contributed by atoms with Gasteiger partial charge < -0.3 is 14.6 Å². The summed E-state index contributed by atoms with van der Waals surface area (Å²) in [5.74, 6) is -0.696. The van der Waals surface area contributed by atoms with E-state index in [9.17, 15) is 14.2 Å². The molecule has 0 fully saturated rings. The van der Waals surface area contributed by atoms with E-state index in [4.69, 9.17) is 18.7 Å². The second kappa shape index (κ2) is 8.33. The van der Waals surface area contributed by atoms with Crippen molar-refractivity contribution in [2.45, 2.75) is 40.2 Å². The zero-order chi connectivity index (χ0) is 16.7. The Balaban J connectivity index is 4.77. The van der Waals surface area contributed by atoms with Gasteiger partial charge in [-0.25, -0.2) is 18.4 Å². The monoisotopic (exact) mass is 328 g/mol. The first kappa shape index (κ1) is 19.9. The maximum atomic E-state index is 12.4. The van der Waals surface area contributed by atoms with Crippen molar-refractivity contribution in [1.29, 1.82) is 0 Å². The minimum atomic E-state index is -4.17. The van der Waals surface area contributed by atoms with E-state index in [2.05, 4.69) is 9.47 Å². The first-order chi connectivity index (χ1) is 9.48. The second-order valence-electron chi connectivity index (χ2n) is 4.84. The molecular formula is C11H21O9P. The predicted molar refractivity (Wildman–Crippen MR) is 70.4 cm³/mol. The Bertz CT molecular complexity index is 380. The Labute approximate surface area is 123 Å². The number of hydrogen-bond donors (Lipinski definition) is 1. The molecule has 1 atom stereocenters. The van der Waals surface area contributed by atoms with E-state index in [-0.39, 0.29) is 5.92 Å². The van der Waals surface area contributed by atoms with Crippen LogP contribution in [0.4, 0.5) is 4.79 Å². The molecule has 0 spiro atoms. The van der Waals surface area contributed by atoms with Crippen molar-refractivity contribution < 1.29 is 42.3 Å². The third kappa shape index (κ3) is 8.67. The normalized spacial score (nSPS) is 14.6. The van der Waals surface area contributed by atoms with Crippen LogP contribution >= 0.6 is 7.82 Å². The van der Waals surface area contributed by atoms with Gasteiger partial charge in [0.15, 0.2) is 0 Å². The molecule has 10 heteroatoms. The molecule has 0 aliphatic heterocycles. The number of phosphoric ester groups is 1. The van der Waals surface area contributed by atoms with Crippen molar-refractivity contribution in [2.24, 2.45) is 5.92 Å². The summed E-state index contributed by atoms with van der Waals surface area (Å²) in [5, 5.41) is 8.34. The molecule has 0 saturated heterocycles. The van der Waals surface area contributed by atoms with Gasteiger partial charge in [0.25, 0.3) is 0 Å². The van der Waals surface area contributed by atoms with E-state index >= 15 is 0 Å². The minimum Gasteiger partial charge on any atom is -0.450 e. The molecule has 0 amide bonds. The van der Waals surface area contributed by atoms with Crippen molar-refractivity contribution in [3.05, 3.63) is 0 Å². The Kier molecular flexibility index (Phi) is 7.87. The lowest BCUT2D eigenvalue weighted by Gasteiger charge is -2.32. The molecule has 124 valence electrons. The van der Waals surface area contributed by atoms with E-state index in [1.54, 1.807) is 13.8 Å². The number of ether oxygens (including phenoxy) is 2. The maximum absolute atomic E-state index is 12.4. The maximum Gasteiger partial charge on any atom is 0.507 e. The summed E-state index contributed by atoms with van der Waals surface area (Å²) >= 11 is 0. The molecule has 0 aliphatic rings. The van der Waals surface area contributed by atoms with Gasteiger partial charge in [-0.15, -0.1) is 0 Å². The lowest BCUT2D eigenvalue weighted by Crippen LogP contribution is -2.30. The number of rotatable bonds is 9. The average Bonchev–Trinajstić information content (AvgIpc) is 2.26. The molecule has 0 radical (unpaired) electrons. The average molecular weight is 328 g/mol.